The molecule has 2 heteroatoms. The zero-order valence-corrected chi connectivity index (χ0v) is 12.8. The number of hydrogen-bond acceptors (Lipinski definition) is 2. The number of benzene rings is 1. The predicted molar refractivity (Wildman–Crippen MR) is 84.2 cm³/mol. The van der Waals surface area contributed by atoms with Crippen molar-refractivity contribution in [3.05, 3.63) is 35.4 Å². The first-order valence-electron chi connectivity index (χ1n) is 6.72. The average Bonchev–Trinajstić information content (AvgIpc) is 2.38. The molecular formula is C16H25NS. The van der Waals surface area contributed by atoms with Crippen LogP contribution < -0.4 is 5.32 Å². The Hall–Kier alpha value is -0.730. The zero-order chi connectivity index (χ0) is 13.4. The molecule has 0 amide bonds. The van der Waals surface area contributed by atoms with E-state index in [1.807, 2.05) is 0 Å². The molecule has 0 bridgehead atoms. The quantitative estimate of drug-likeness (QED) is 0.576. The maximum absolute atomic E-state index is 3.49. The minimum absolute atomic E-state index is 0.592. The molecule has 18 heavy (non-hydrogen) atoms. The highest BCUT2D eigenvalue weighted by molar-refractivity contribution is 7.98. The normalized spacial score (nSPS) is 12.2. The maximum Gasteiger partial charge on any atom is 0.0170 e. The second kappa shape index (κ2) is 8.39. The van der Waals surface area contributed by atoms with E-state index in [9.17, 15) is 0 Å². The number of nitrogens with one attached hydrogen (secondary N) is 1. The van der Waals surface area contributed by atoms with Gasteiger partial charge in [-0.2, -0.15) is 0 Å². The largest absolute Gasteiger partial charge is 0.313 e. The van der Waals surface area contributed by atoms with E-state index in [-0.39, 0.29) is 0 Å². The summed E-state index contributed by atoms with van der Waals surface area (Å²) in [6.45, 7) is 8.81. The van der Waals surface area contributed by atoms with Gasteiger partial charge in [-0.15, -0.1) is 11.8 Å². The van der Waals surface area contributed by atoms with E-state index in [0.29, 0.717) is 5.92 Å². The Kier molecular flexibility index (Phi) is 7.14. The van der Waals surface area contributed by atoms with Gasteiger partial charge in [-0.1, -0.05) is 44.6 Å². The van der Waals surface area contributed by atoms with Crippen molar-refractivity contribution in [1.82, 2.24) is 5.32 Å². The molecule has 0 aliphatic carbocycles. The molecule has 0 fully saturated rings. The van der Waals surface area contributed by atoms with Crippen molar-refractivity contribution in [3.8, 4) is 0 Å². The first-order valence-corrected chi connectivity index (χ1v) is 7.95. The van der Waals surface area contributed by atoms with Gasteiger partial charge < -0.3 is 5.32 Å². The lowest BCUT2D eigenvalue weighted by Crippen LogP contribution is -2.19. The molecule has 0 heterocycles. The van der Waals surface area contributed by atoms with Crippen LogP contribution in [0.5, 0.6) is 0 Å². The second-order valence-electron chi connectivity index (χ2n) is 4.82. The summed E-state index contributed by atoms with van der Waals surface area (Å²) >= 11 is 1.79. The summed E-state index contributed by atoms with van der Waals surface area (Å²) in [5.41, 5.74) is 2.77. The summed E-state index contributed by atoms with van der Waals surface area (Å²) in [6, 6.07) is 8.78. The fraction of sp³-hybridized carbons (Fsp3) is 0.500. The Bertz CT molecular complexity index is 365. The highest BCUT2D eigenvalue weighted by Gasteiger charge is 2.03. The highest BCUT2D eigenvalue weighted by Crippen LogP contribution is 2.18. The standard InChI is InChI=1S/C16H25NS/c1-5-10-17-12-15(13(2)3)11-14-6-8-16(18-4)9-7-14/h6-9,11,13,17H,5,10,12H2,1-4H3. The van der Waals surface area contributed by atoms with Crippen molar-refractivity contribution in [2.75, 3.05) is 19.3 Å². The summed E-state index contributed by atoms with van der Waals surface area (Å²) in [7, 11) is 0. The Balaban J connectivity index is 2.73. The number of rotatable bonds is 7. The van der Waals surface area contributed by atoms with Crippen LogP contribution in [0.15, 0.2) is 34.7 Å². The molecule has 0 saturated carbocycles. The Morgan fingerprint density at radius 2 is 1.94 bits per heavy atom. The van der Waals surface area contributed by atoms with E-state index < -0.39 is 0 Å². The summed E-state index contributed by atoms with van der Waals surface area (Å²) in [4.78, 5) is 1.32. The van der Waals surface area contributed by atoms with E-state index in [1.54, 1.807) is 11.8 Å². The van der Waals surface area contributed by atoms with Gasteiger partial charge in [0.1, 0.15) is 0 Å². The Morgan fingerprint density at radius 3 is 2.44 bits per heavy atom. The van der Waals surface area contributed by atoms with Crippen LogP contribution in [0.2, 0.25) is 0 Å². The van der Waals surface area contributed by atoms with Gasteiger partial charge >= 0.3 is 0 Å². The lowest BCUT2D eigenvalue weighted by Gasteiger charge is -2.12. The van der Waals surface area contributed by atoms with Gasteiger partial charge in [0.25, 0.3) is 0 Å². The summed E-state index contributed by atoms with van der Waals surface area (Å²) in [5.74, 6) is 0.592. The molecule has 0 radical (unpaired) electrons. The minimum atomic E-state index is 0.592. The lowest BCUT2D eigenvalue weighted by atomic mass is 10.0. The van der Waals surface area contributed by atoms with Gasteiger partial charge in [0.15, 0.2) is 0 Å². The van der Waals surface area contributed by atoms with Crippen LogP contribution in [0.3, 0.4) is 0 Å². The molecule has 0 aliphatic heterocycles. The van der Waals surface area contributed by atoms with Gasteiger partial charge in [-0.3, -0.25) is 0 Å². The maximum atomic E-state index is 3.49. The van der Waals surface area contributed by atoms with Crippen LogP contribution in [0, 0.1) is 5.92 Å². The van der Waals surface area contributed by atoms with Gasteiger partial charge in [-0.25, -0.2) is 0 Å². The fourth-order valence-corrected chi connectivity index (χ4v) is 2.15. The second-order valence-corrected chi connectivity index (χ2v) is 5.70. The molecule has 0 saturated heterocycles. The third-order valence-electron chi connectivity index (χ3n) is 2.97. The summed E-state index contributed by atoms with van der Waals surface area (Å²) < 4.78 is 0. The van der Waals surface area contributed by atoms with Crippen LogP contribution in [0.25, 0.3) is 6.08 Å². The monoisotopic (exact) mass is 263 g/mol. The van der Waals surface area contributed by atoms with Crippen LogP contribution in [-0.2, 0) is 0 Å². The molecule has 0 aliphatic rings. The third-order valence-corrected chi connectivity index (χ3v) is 3.71. The molecule has 1 aromatic carbocycles. The molecule has 0 aromatic heterocycles. The van der Waals surface area contributed by atoms with Crippen LogP contribution in [0.1, 0.15) is 32.8 Å². The van der Waals surface area contributed by atoms with Gasteiger partial charge in [0, 0.05) is 11.4 Å². The third kappa shape index (κ3) is 5.28. The molecule has 0 spiro atoms. The molecule has 0 atom stereocenters. The first kappa shape index (κ1) is 15.3. The summed E-state index contributed by atoms with van der Waals surface area (Å²) in [6.07, 6.45) is 5.62. The molecular weight excluding hydrogens is 238 g/mol. The Labute approximate surface area is 116 Å². The molecule has 1 rings (SSSR count). The molecule has 1 aromatic rings. The van der Waals surface area contributed by atoms with E-state index in [1.165, 1.54) is 22.5 Å². The van der Waals surface area contributed by atoms with Gasteiger partial charge in [0.2, 0.25) is 0 Å². The fourth-order valence-electron chi connectivity index (χ4n) is 1.75. The average molecular weight is 263 g/mol. The van der Waals surface area contributed by atoms with Crippen molar-refractivity contribution in [1.29, 1.82) is 0 Å². The van der Waals surface area contributed by atoms with Gasteiger partial charge in [-0.05, 0) is 42.8 Å². The van der Waals surface area contributed by atoms with Crippen molar-refractivity contribution in [2.24, 2.45) is 5.92 Å². The van der Waals surface area contributed by atoms with E-state index >= 15 is 0 Å². The predicted octanol–water partition coefficient (Wildman–Crippen LogP) is 4.45. The van der Waals surface area contributed by atoms with Crippen molar-refractivity contribution in [3.63, 3.8) is 0 Å². The molecule has 0 unspecified atom stereocenters. The smallest absolute Gasteiger partial charge is 0.0170 e. The van der Waals surface area contributed by atoms with Gasteiger partial charge in [0.05, 0.1) is 0 Å². The van der Waals surface area contributed by atoms with Crippen molar-refractivity contribution < 1.29 is 0 Å². The SMILES string of the molecule is CCCNCC(=Cc1ccc(SC)cc1)C(C)C. The number of thioether (sulfide) groups is 1. The van der Waals surface area contributed by atoms with Crippen molar-refractivity contribution in [2.45, 2.75) is 32.1 Å². The van der Waals surface area contributed by atoms with Crippen LogP contribution >= 0.6 is 11.8 Å². The van der Waals surface area contributed by atoms with E-state index in [2.05, 4.69) is 62.7 Å². The number of hydrogen-bond donors (Lipinski definition) is 1. The van der Waals surface area contributed by atoms with E-state index in [0.717, 1.165) is 13.1 Å². The summed E-state index contributed by atoms with van der Waals surface area (Å²) in [5, 5.41) is 3.49. The first-order chi connectivity index (χ1) is 8.67. The lowest BCUT2D eigenvalue weighted by molar-refractivity contribution is 0.657. The zero-order valence-electron chi connectivity index (χ0n) is 12.0. The van der Waals surface area contributed by atoms with E-state index in [4.69, 9.17) is 0 Å². The molecule has 1 nitrogen and oxygen atoms in total. The highest BCUT2D eigenvalue weighted by atomic mass is 32.2. The minimum Gasteiger partial charge on any atom is -0.313 e. The Morgan fingerprint density at radius 1 is 1.28 bits per heavy atom. The van der Waals surface area contributed by atoms with Crippen molar-refractivity contribution >= 4 is 17.8 Å². The molecule has 100 valence electrons. The van der Waals surface area contributed by atoms with Crippen LogP contribution in [0.4, 0.5) is 0 Å². The van der Waals surface area contributed by atoms with Crippen LogP contribution in [-0.4, -0.2) is 19.3 Å². The molecule has 1 N–H and O–H groups in total. The topological polar surface area (TPSA) is 12.0 Å².